The number of aliphatic carboxylic acids is 1. The lowest BCUT2D eigenvalue weighted by Gasteiger charge is -2.33. The lowest BCUT2D eigenvalue weighted by atomic mass is 9.81. The number of rotatable bonds is 5. The molecule has 0 radical (unpaired) electrons. The highest BCUT2D eigenvalue weighted by atomic mass is 16.6. The maximum atomic E-state index is 12.4. The first-order valence-electron chi connectivity index (χ1n) is 7.28. The molecule has 1 aliphatic rings. The molecule has 23 heavy (non-hydrogen) atoms. The Morgan fingerprint density at radius 1 is 1.30 bits per heavy atom. The van der Waals surface area contributed by atoms with Gasteiger partial charge in [-0.15, -0.1) is 0 Å². The average molecular weight is 322 g/mol. The summed E-state index contributed by atoms with van der Waals surface area (Å²) in [6.07, 6.45) is 3.07. The second-order valence-corrected chi connectivity index (χ2v) is 5.55. The smallest absolute Gasteiger partial charge is 0.329 e. The first kappa shape index (κ1) is 16.7. The molecule has 0 atom stereocenters. The van der Waals surface area contributed by atoms with Gasteiger partial charge in [0.15, 0.2) is 5.75 Å². The molecule has 1 fully saturated rings. The molecule has 0 bridgehead atoms. The van der Waals surface area contributed by atoms with E-state index in [0.717, 1.165) is 25.3 Å². The third-order valence-electron chi connectivity index (χ3n) is 4.11. The summed E-state index contributed by atoms with van der Waals surface area (Å²) in [5, 5.41) is 23.0. The van der Waals surface area contributed by atoms with Gasteiger partial charge < -0.3 is 15.2 Å². The molecule has 0 saturated heterocycles. The number of hydrogen-bond donors (Lipinski definition) is 2. The summed E-state index contributed by atoms with van der Waals surface area (Å²) in [5.74, 6) is -1.68. The number of hydrogen-bond acceptors (Lipinski definition) is 5. The third-order valence-corrected chi connectivity index (χ3v) is 4.11. The Kier molecular flexibility index (Phi) is 4.83. The van der Waals surface area contributed by atoms with Crippen molar-refractivity contribution < 1.29 is 24.4 Å². The Hall–Kier alpha value is -2.64. The van der Waals surface area contributed by atoms with Crippen molar-refractivity contribution in [3.05, 3.63) is 33.9 Å². The van der Waals surface area contributed by atoms with Crippen molar-refractivity contribution in [2.45, 2.75) is 37.6 Å². The lowest BCUT2D eigenvalue weighted by molar-refractivity contribution is -0.385. The van der Waals surface area contributed by atoms with Gasteiger partial charge in [0.05, 0.1) is 12.0 Å². The fourth-order valence-corrected chi connectivity index (χ4v) is 2.81. The molecule has 1 aliphatic carbocycles. The predicted octanol–water partition coefficient (Wildman–Crippen LogP) is 2.12. The molecule has 0 aromatic heterocycles. The Morgan fingerprint density at radius 2 is 1.96 bits per heavy atom. The monoisotopic (exact) mass is 322 g/mol. The van der Waals surface area contributed by atoms with E-state index in [1.165, 1.54) is 19.2 Å². The fraction of sp³-hybridized carbons (Fsp3) is 0.467. The van der Waals surface area contributed by atoms with Crippen LogP contribution in [0.15, 0.2) is 18.2 Å². The van der Waals surface area contributed by atoms with Gasteiger partial charge in [-0.3, -0.25) is 14.9 Å². The molecule has 8 heteroatoms. The molecule has 1 aromatic rings. The van der Waals surface area contributed by atoms with Crippen LogP contribution in [-0.4, -0.2) is 34.6 Å². The van der Waals surface area contributed by atoms with Crippen LogP contribution in [0, 0.1) is 10.1 Å². The number of carboxylic acid groups (broad SMARTS) is 1. The van der Waals surface area contributed by atoms with Crippen molar-refractivity contribution in [2.24, 2.45) is 0 Å². The number of carbonyl (C=O) groups excluding carboxylic acids is 1. The maximum absolute atomic E-state index is 12.4. The summed E-state index contributed by atoms with van der Waals surface area (Å²) in [6.45, 7) is 0. The third kappa shape index (κ3) is 3.41. The number of carbonyl (C=O) groups is 2. The van der Waals surface area contributed by atoms with E-state index in [2.05, 4.69) is 5.32 Å². The Bertz CT molecular complexity index is 637. The van der Waals surface area contributed by atoms with Gasteiger partial charge in [0.2, 0.25) is 0 Å². The number of carboxylic acids is 1. The number of nitrogens with zero attached hydrogens (tertiary/aromatic N) is 1. The van der Waals surface area contributed by atoms with Gasteiger partial charge in [-0.05, 0) is 25.0 Å². The highest BCUT2D eigenvalue weighted by Gasteiger charge is 2.41. The Balaban J connectivity index is 2.27. The van der Waals surface area contributed by atoms with Gasteiger partial charge >= 0.3 is 11.7 Å². The number of benzene rings is 1. The van der Waals surface area contributed by atoms with Gasteiger partial charge in [0, 0.05) is 11.6 Å². The molecule has 0 unspecified atom stereocenters. The van der Waals surface area contributed by atoms with E-state index < -0.39 is 22.3 Å². The van der Waals surface area contributed by atoms with E-state index in [-0.39, 0.29) is 17.0 Å². The van der Waals surface area contributed by atoms with E-state index in [9.17, 15) is 24.8 Å². The number of ether oxygens (including phenoxy) is 1. The zero-order valence-corrected chi connectivity index (χ0v) is 12.7. The van der Waals surface area contributed by atoms with Crippen molar-refractivity contribution >= 4 is 17.6 Å². The normalized spacial score (nSPS) is 16.4. The van der Waals surface area contributed by atoms with Crippen molar-refractivity contribution in [1.82, 2.24) is 5.32 Å². The van der Waals surface area contributed by atoms with Gasteiger partial charge in [-0.2, -0.15) is 0 Å². The van der Waals surface area contributed by atoms with Crippen molar-refractivity contribution in [2.75, 3.05) is 7.11 Å². The van der Waals surface area contributed by atoms with Crippen LogP contribution in [-0.2, 0) is 4.79 Å². The van der Waals surface area contributed by atoms with Crippen LogP contribution in [0.5, 0.6) is 5.75 Å². The zero-order chi connectivity index (χ0) is 17.0. The number of methoxy groups -OCH3 is 1. The molecule has 8 nitrogen and oxygen atoms in total. The molecule has 2 N–H and O–H groups in total. The Labute approximate surface area is 132 Å². The van der Waals surface area contributed by atoms with E-state index in [1.807, 2.05) is 0 Å². The standard InChI is InChI=1S/C15H18N2O6/c1-23-12-6-5-10(9-11(12)17(21)22)13(18)16-15(14(19)20)7-3-2-4-8-15/h5-6,9H,2-4,7-8H2,1H3,(H,16,18)(H,19,20). The average Bonchev–Trinajstić information content (AvgIpc) is 2.54. The van der Waals surface area contributed by atoms with E-state index in [1.54, 1.807) is 0 Å². The van der Waals surface area contributed by atoms with E-state index >= 15 is 0 Å². The summed E-state index contributed by atoms with van der Waals surface area (Å²) in [6, 6.07) is 3.79. The molecular weight excluding hydrogens is 304 g/mol. The van der Waals surface area contributed by atoms with Crippen LogP contribution in [0.2, 0.25) is 0 Å². The number of nitro benzene ring substituents is 1. The quantitative estimate of drug-likeness (QED) is 0.633. The fourth-order valence-electron chi connectivity index (χ4n) is 2.81. The molecule has 0 heterocycles. The van der Waals surface area contributed by atoms with Crippen LogP contribution < -0.4 is 10.1 Å². The molecular formula is C15H18N2O6. The van der Waals surface area contributed by atoms with Gasteiger partial charge in [-0.1, -0.05) is 19.3 Å². The van der Waals surface area contributed by atoms with E-state index in [0.29, 0.717) is 12.8 Å². The Morgan fingerprint density at radius 3 is 2.48 bits per heavy atom. The summed E-state index contributed by atoms with van der Waals surface area (Å²) in [5.41, 5.74) is -1.61. The number of nitrogens with one attached hydrogen (secondary N) is 1. The first-order valence-corrected chi connectivity index (χ1v) is 7.28. The zero-order valence-electron chi connectivity index (χ0n) is 12.7. The highest BCUT2D eigenvalue weighted by molar-refractivity contribution is 5.98. The van der Waals surface area contributed by atoms with Crippen LogP contribution in [0.25, 0.3) is 0 Å². The molecule has 1 amide bonds. The minimum atomic E-state index is -1.30. The molecule has 0 spiro atoms. The molecule has 1 saturated carbocycles. The van der Waals surface area contributed by atoms with Crippen molar-refractivity contribution in [3.63, 3.8) is 0 Å². The molecule has 0 aliphatic heterocycles. The summed E-state index contributed by atoms with van der Waals surface area (Å²) in [7, 11) is 1.30. The second kappa shape index (κ2) is 6.64. The van der Waals surface area contributed by atoms with Crippen LogP contribution >= 0.6 is 0 Å². The lowest BCUT2D eigenvalue weighted by Crippen LogP contribution is -2.55. The summed E-state index contributed by atoms with van der Waals surface area (Å²) < 4.78 is 4.88. The topological polar surface area (TPSA) is 119 Å². The number of amides is 1. The predicted molar refractivity (Wildman–Crippen MR) is 80.6 cm³/mol. The van der Waals surface area contributed by atoms with Crippen molar-refractivity contribution in [1.29, 1.82) is 0 Å². The summed E-state index contributed by atoms with van der Waals surface area (Å²) in [4.78, 5) is 34.3. The van der Waals surface area contributed by atoms with E-state index in [4.69, 9.17) is 4.74 Å². The van der Waals surface area contributed by atoms with Gasteiger partial charge in [0.1, 0.15) is 5.54 Å². The first-order chi connectivity index (χ1) is 10.9. The number of nitro groups is 1. The SMILES string of the molecule is COc1ccc(C(=O)NC2(C(=O)O)CCCCC2)cc1[N+](=O)[O-]. The minimum Gasteiger partial charge on any atom is -0.490 e. The van der Waals surface area contributed by atoms with Crippen molar-refractivity contribution in [3.8, 4) is 5.75 Å². The highest BCUT2D eigenvalue weighted by Crippen LogP contribution is 2.30. The molecule has 2 rings (SSSR count). The van der Waals surface area contributed by atoms with Crippen LogP contribution in [0.1, 0.15) is 42.5 Å². The van der Waals surface area contributed by atoms with Crippen LogP contribution in [0.4, 0.5) is 5.69 Å². The summed E-state index contributed by atoms with van der Waals surface area (Å²) >= 11 is 0. The molecule has 1 aromatic carbocycles. The second-order valence-electron chi connectivity index (χ2n) is 5.55. The minimum absolute atomic E-state index is 0.0312. The van der Waals surface area contributed by atoms with Crippen LogP contribution in [0.3, 0.4) is 0 Å². The van der Waals surface area contributed by atoms with Gasteiger partial charge in [0.25, 0.3) is 5.91 Å². The van der Waals surface area contributed by atoms with Gasteiger partial charge in [-0.25, -0.2) is 4.79 Å². The maximum Gasteiger partial charge on any atom is 0.329 e. The molecule has 124 valence electrons. The largest absolute Gasteiger partial charge is 0.490 e.